The van der Waals surface area contributed by atoms with Crippen LogP contribution in [0.3, 0.4) is 0 Å². The number of aliphatic hydroxyl groups is 1. The topological polar surface area (TPSA) is 75.8 Å². The smallest absolute Gasteiger partial charge is 0.226 e. The molecule has 1 saturated heterocycles. The maximum absolute atomic E-state index is 12.8. The highest BCUT2D eigenvalue weighted by atomic mass is 16.5. The van der Waals surface area contributed by atoms with Gasteiger partial charge < -0.3 is 20.5 Å². The quantitative estimate of drug-likeness (QED) is 0.784. The maximum Gasteiger partial charge on any atom is 0.226 e. The summed E-state index contributed by atoms with van der Waals surface area (Å²) in [5.74, 6) is 0.593. The van der Waals surface area contributed by atoms with Crippen LogP contribution in [0.4, 0.5) is 0 Å². The molecule has 0 aromatic carbocycles. The molecule has 2 fully saturated rings. The highest BCUT2D eigenvalue weighted by molar-refractivity contribution is 5.79. The second-order valence-electron chi connectivity index (χ2n) is 7.06. The maximum atomic E-state index is 12.8. The molecule has 5 nitrogen and oxygen atoms in total. The molecule has 1 saturated carbocycles. The van der Waals surface area contributed by atoms with Crippen LogP contribution in [0.1, 0.15) is 40.0 Å². The fraction of sp³-hybridized carbons (Fsp3) is 0.933. The lowest BCUT2D eigenvalue weighted by Gasteiger charge is -2.44. The summed E-state index contributed by atoms with van der Waals surface area (Å²) in [6.07, 6.45) is 2.53. The Hall–Kier alpha value is -0.650. The molecule has 1 aliphatic carbocycles. The lowest BCUT2D eigenvalue weighted by molar-refractivity contribution is -0.171. The number of hydrogen-bond acceptors (Lipinski definition) is 4. The third-order valence-corrected chi connectivity index (χ3v) is 4.55. The van der Waals surface area contributed by atoms with Crippen molar-refractivity contribution in [1.29, 1.82) is 0 Å². The predicted octanol–water partition coefficient (Wildman–Crippen LogP) is 0.748. The number of ether oxygens (including phenoxy) is 1. The molecule has 1 amide bonds. The number of nitrogens with zero attached hydrogens (tertiary/aromatic N) is 1. The summed E-state index contributed by atoms with van der Waals surface area (Å²) in [6.45, 7) is 7.09. The summed E-state index contributed by atoms with van der Waals surface area (Å²) in [7, 11) is 0. The summed E-state index contributed by atoms with van der Waals surface area (Å²) in [5.41, 5.74) is 5.62. The van der Waals surface area contributed by atoms with Crippen LogP contribution >= 0.6 is 0 Å². The Morgan fingerprint density at radius 3 is 2.80 bits per heavy atom. The third-order valence-electron chi connectivity index (χ3n) is 4.55. The highest BCUT2D eigenvalue weighted by Crippen LogP contribution is 2.32. The van der Waals surface area contributed by atoms with Crippen molar-refractivity contribution in [2.75, 3.05) is 19.7 Å². The van der Waals surface area contributed by atoms with Gasteiger partial charge in [0.05, 0.1) is 18.3 Å². The third kappa shape index (κ3) is 3.51. The van der Waals surface area contributed by atoms with Crippen LogP contribution in [0, 0.1) is 11.8 Å². The van der Waals surface area contributed by atoms with E-state index in [1.807, 2.05) is 18.7 Å². The molecular weight excluding hydrogens is 256 g/mol. The van der Waals surface area contributed by atoms with E-state index >= 15 is 0 Å². The molecule has 1 aliphatic heterocycles. The molecule has 2 rings (SSSR count). The van der Waals surface area contributed by atoms with Gasteiger partial charge in [-0.25, -0.2) is 0 Å². The van der Waals surface area contributed by atoms with Crippen molar-refractivity contribution in [2.45, 2.75) is 57.8 Å². The summed E-state index contributed by atoms with van der Waals surface area (Å²) >= 11 is 0. The van der Waals surface area contributed by atoms with Crippen molar-refractivity contribution >= 4 is 5.91 Å². The average Bonchev–Trinajstić information content (AvgIpc) is 2.38. The molecule has 3 N–H and O–H groups in total. The summed E-state index contributed by atoms with van der Waals surface area (Å²) in [5, 5.41) is 9.34. The standard InChI is InChI=1S/C15H28N2O3/c1-10-4-5-11(16)6-13(10)14(19)17-7-12(8-18)20-15(2,3)9-17/h10-13,18H,4-9,16H2,1-3H3. The SMILES string of the molecule is CC1CCC(N)CC1C(=O)N1CC(CO)OC(C)(C)C1. The number of carbonyl (C=O) groups is 1. The van der Waals surface area contributed by atoms with Crippen LogP contribution in [-0.4, -0.2) is 53.4 Å². The van der Waals surface area contributed by atoms with Gasteiger partial charge in [0.15, 0.2) is 0 Å². The molecule has 4 atom stereocenters. The van der Waals surface area contributed by atoms with Crippen LogP contribution in [0.25, 0.3) is 0 Å². The molecule has 2 aliphatic rings. The van der Waals surface area contributed by atoms with Gasteiger partial charge in [-0.05, 0) is 39.0 Å². The Morgan fingerprint density at radius 1 is 1.45 bits per heavy atom. The van der Waals surface area contributed by atoms with Gasteiger partial charge in [-0.1, -0.05) is 6.92 Å². The first-order chi connectivity index (χ1) is 9.32. The van der Waals surface area contributed by atoms with E-state index in [-0.39, 0.29) is 30.6 Å². The molecule has 20 heavy (non-hydrogen) atoms. The van der Waals surface area contributed by atoms with E-state index in [0.717, 1.165) is 19.3 Å². The van der Waals surface area contributed by atoms with E-state index in [1.54, 1.807) is 0 Å². The van der Waals surface area contributed by atoms with E-state index < -0.39 is 5.60 Å². The minimum Gasteiger partial charge on any atom is -0.394 e. The number of aliphatic hydroxyl groups excluding tert-OH is 1. The second-order valence-corrected chi connectivity index (χ2v) is 7.06. The minimum atomic E-state index is -0.401. The molecule has 116 valence electrons. The van der Waals surface area contributed by atoms with Crippen LogP contribution in [-0.2, 0) is 9.53 Å². The zero-order valence-electron chi connectivity index (χ0n) is 12.8. The van der Waals surface area contributed by atoms with Crippen molar-refractivity contribution < 1.29 is 14.6 Å². The molecule has 0 aromatic heterocycles. The fourth-order valence-corrected chi connectivity index (χ4v) is 3.49. The zero-order chi connectivity index (χ0) is 14.9. The van der Waals surface area contributed by atoms with Gasteiger partial charge in [-0.15, -0.1) is 0 Å². The number of rotatable bonds is 2. The van der Waals surface area contributed by atoms with E-state index in [9.17, 15) is 9.90 Å². The first kappa shape index (κ1) is 15.7. The van der Waals surface area contributed by atoms with Gasteiger partial charge in [0.25, 0.3) is 0 Å². The molecule has 0 spiro atoms. The zero-order valence-corrected chi connectivity index (χ0v) is 12.8. The second kappa shape index (κ2) is 6.00. The average molecular weight is 284 g/mol. The van der Waals surface area contributed by atoms with E-state index in [0.29, 0.717) is 19.0 Å². The van der Waals surface area contributed by atoms with E-state index in [4.69, 9.17) is 10.5 Å². The number of nitrogens with two attached hydrogens (primary N) is 1. The van der Waals surface area contributed by atoms with Crippen molar-refractivity contribution in [3.8, 4) is 0 Å². The monoisotopic (exact) mass is 284 g/mol. The Labute approximate surface area is 121 Å². The Morgan fingerprint density at radius 2 is 2.15 bits per heavy atom. The van der Waals surface area contributed by atoms with E-state index in [2.05, 4.69) is 6.92 Å². The first-order valence-corrected chi connectivity index (χ1v) is 7.65. The molecule has 1 heterocycles. The van der Waals surface area contributed by atoms with Gasteiger partial charge in [-0.3, -0.25) is 4.79 Å². The van der Waals surface area contributed by atoms with Crippen LogP contribution in [0.2, 0.25) is 0 Å². The van der Waals surface area contributed by atoms with Gasteiger partial charge in [-0.2, -0.15) is 0 Å². The molecule has 0 aromatic rings. The lowest BCUT2D eigenvalue weighted by atomic mass is 9.77. The summed E-state index contributed by atoms with van der Waals surface area (Å²) < 4.78 is 5.77. The van der Waals surface area contributed by atoms with E-state index in [1.165, 1.54) is 0 Å². The highest BCUT2D eigenvalue weighted by Gasteiger charge is 2.40. The summed E-state index contributed by atoms with van der Waals surface area (Å²) in [4.78, 5) is 14.7. The van der Waals surface area contributed by atoms with Crippen molar-refractivity contribution in [3.63, 3.8) is 0 Å². The molecule has 4 unspecified atom stereocenters. The van der Waals surface area contributed by atoms with Gasteiger partial charge in [0.1, 0.15) is 0 Å². The molecule has 0 radical (unpaired) electrons. The largest absolute Gasteiger partial charge is 0.394 e. The Bertz CT molecular complexity index is 359. The van der Waals surface area contributed by atoms with Crippen molar-refractivity contribution in [2.24, 2.45) is 17.6 Å². The molecular formula is C15H28N2O3. The number of amides is 1. The fourth-order valence-electron chi connectivity index (χ4n) is 3.49. The predicted molar refractivity (Wildman–Crippen MR) is 77.1 cm³/mol. The van der Waals surface area contributed by atoms with Crippen LogP contribution in [0.15, 0.2) is 0 Å². The summed E-state index contributed by atoms with van der Waals surface area (Å²) in [6, 6.07) is 0.142. The van der Waals surface area contributed by atoms with Gasteiger partial charge in [0, 0.05) is 25.0 Å². The normalized spacial score (nSPS) is 37.8. The number of hydrogen-bond donors (Lipinski definition) is 2. The van der Waals surface area contributed by atoms with Crippen LogP contribution in [0.5, 0.6) is 0 Å². The van der Waals surface area contributed by atoms with Gasteiger partial charge >= 0.3 is 0 Å². The molecule has 0 bridgehead atoms. The Balaban J connectivity index is 2.07. The lowest BCUT2D eigenvalue weighted by Crippen LogP contribution is -2.57. The van der Waals surface area contributed by atoms with Crippen molar-refractivity contribution in [1.82, 2.24) is 4.90 Å². The number of carbonyl (C=O) groups excluding carboxylic acids is 1. The minimum absolute atomic E-state index is 0.0204. The Kier molecular flexibility index (Phi) is 4.72. The van der Waals surface area contributed by atoms with Crippen molar-refractivity contribution in [3.05, 3.63) is 0 Å². The molecule has 5 heteroatoms. The van der Waals surface area contributed by atoms with Crippen LogP contribution < -0.4 is 5.73 Å². The number of morpholine rings is 1. The van der Waals surface area contributed by atoms with Gasteiger partial charge in [0.2, 0.25) is 5.91 Å². The first-order valence-electron chi connectivity index (χ1n) is 7.65.